The standard InChI is InChI=1S/C15H19NO3/c1-2-19-15(18)9-11-16-10-5-8-14(17)12-6-3-4-7-13(12)16/h3-4,6-7H,2,5,8-11H2,1H3. The summed E-state index contributed by atoms with van der Waals surface area (Å²) in [6.45, 7) is 3.62. The van der Waals surface area contributed by atoms with Crippen LogP contribution < -0.4 is 4.90 Å². The summed E-state index contributed by atoms with van der Waals surface area (Å²) in [5.41, 5.74) is 1.71. The Morgan fingerprint density at radius 2 is 2.16 bits per heavy atom. The maximum atomic E-state index is 12.0. The van der Waals surface area contributed by atoms with E-state index in [-0.39, 0.29) is 11.8 Å². The van der Waals surface area contributed by atoms with E-state index in [9.17, 15) is 9.59 Å². The second kappa shape index (κ2) is 6.36. The Kier molecular flexibility index (Phi) is 4.55. The molecule has 4 heteroatoms. The number of ketones is 1. The van der Waals surface area contributed by atoms with Gasteiger partial charge in [-0.2, -0.15) is 0 Å². The van der Waals surface area contributed by atoms with Gasteiger partial charge in [0.25, 0.3) is 0 Å². The summed E-state index contributed by atoms with van der Waals surface area (Å²) in [6.07, 6.45) is 1.76. The van der Waals surface area contributed by atoms with E-state index < -0.39 is 0 Å². The molecule has 0 amide bonds. The fraction of sp³-hybridized carbons (Fsp3) is 0.467. The van der Waals surface area contributed by atoms with Crippen molar-refractivity contribution >= 4 is 17.4 Å². The molecule has 19 heavy (non-hydrogen) atoms. The van der Waals surface area contributed by atoms with Gasteiger partial charge in [-0.1, -0.05) is 12.1 Å². The lowest BCUT2D eigenvalue weighted by molar-refractivity contribution is -0.142. The van der Waals surface area contributed by atoms with Crippen LogP contribution in [0, 0.1) is 0 Å². The fourth-order valence-corrected chi connectivity index (χ4v) is 2.36. The predicted molar refractivity (Wildman–Crippen MR) is 73.5 cm³/mol. The third-order valence-corrected chi connectivity index (χ3v) is 3.27. The van der Waals surface area contributed by atoms with E-state index in [1.807, 2.05) is 24.3 Å². The molecule has 0 N–H and O–H groups in total. The zero-order valence-electron chi connectivity index (χ0n) is 11.2. The molecule has 2 rings (SSSR count). The number of Topliss-reactive ketones (excluding diaryl/α,β-unsaturated/α-hetero) is 1. The number of rotatable bonds is 4. The van der Waals surface area contributed by atoms with E-state index in [1.54, 1.807) is 6.92 Å². The fourth-order valence-electron chi connectivity index (χ4n) is 2.36. The maximum Gasteiger partial charge on any atom is 0.307 e. The van der Waals surface area contributed by atoms with Crippen LogP contribution in [0.4, 0.5) is 5.69 Å². The Labute approximate surface area is 113 Å². The van der Waals surface area contributed by atoms with E-state index in [0.29, 0.717) is 26.0 Å². The third-order valence-electron chi connectivity index (χ3n) is 3.27. The second-order valence-corrected chi connectivity index (χ2v) is 4.59. The summed E-state index contributed by atoms with van der Waals surface area (Å²) in [5.74, 6) is 0.00443. The molecule has 0 atom stereocenters. The molecule has 1 aliphatic heterocycles. The van der Waals surface area contributed by atoms with Crippen LogP contribution in [-0.4, -0.2) is 31.4 Å². The molecular weight excluding hydrogens is 242 g/mol. The van der Waals surface area contributed by atoms with Gasteiger partial charge in [-0.05, 0) is 25.5 Å². The smallest absolute Gasteiger partial charge is 0.307 e. The van der Waals surface area contributed by atoms with Gasteiger partial charge in [0.2, 0.25) is 0 Å². The van der Waals surface area contributed by atoms with Gasteiger partial charge in [0.15, 0.2) is 5.78 Å². The highest BCUT2D eigenvalue weighted by Gasteiger charge is 2.20. The van der Waals surface area contributed by atoms with E-state index in [1.165, 1.54) is 0 Å². The molecule has 0 spiro atoms. The zero-order valence-corrected chi connectivity index (χ0v) is 11.2. The number of ether oxygens (including phenoxy) is 1. The number of para-hydroxylation sites is 1. The van der Waals surface area contributed by atoms with Crippen LogP contribution in [0.5, 0.6) is 0 Å². The highest BCUT2D eigenvalue weighted by Crippen LogP contribution is 2.26. The molecular formula is C15H19NO3. The van der Waals surface area contributed by atoms with Crippen molar-refractivity contribution in [1.82, 2.24) is 0 Å². The molecule has 1 aromatic rings. The number of carbonyl (C=O) groups excluding carboxylic acids is 2. The Balaban J connectivity index is 2.10. The molecule has 0 saturated carbocycles. The summed E-state index contributed by atoms with van der Waals surface area (Å²) in [6, 6.07) is 7.62. The first-order valence-corrected chi connectivity index (χ1v) is 6.75. The van der Waals surface area contributed by atoms with Crippen molar-refractivity contribution in [1.29, 1.82) is 0 Å². The molecule has 1 aliphatic rings. The van der Waals surface area contributed by atoms with Gasteiger partial charge in [-0.3, -0.25) is 9.59 Å². The van der Waals surface area contributed by atoms with Crippen LogP contribution in [0.15, 0.2) is 24.3 Å². The lowest BCUT2D eigenvalue weighted by atomic mass is 10.1. The first-order valence-electron chi connectivity index (χ1n) is 6.75. The summed E-state index contributed by atoms with van der Waals surface area (Å²) >= 11 is 0. The Morgan fingerprint density at radius 3 is 2.95 bits per heavy atom. The highest BCUT2D eigenvalue weighted by atomic mass is 16.5. The summed E-state index contributed by atoms with van der Waals surface area (Å²) in [5, 5.41) is 0. The Hall–Kier alpha value is -1.84. The van der Waals surface area contributed by atoms with Gasteiger partial charge in [-0.15, -0.1) is 0 Å². The van der Waals surface area contributed by atoms with Gasteiger partial charge in [-0.25, -0.2) is 0 Å². The normalized spacial score (nSPS) is 14.8. The highest BCUT2D eigenvalue weighted by molar-refractivity contribution is 6.02. The van der Waals surface area contributed by atoms with Crippen molar-refractivity contribution in [3.63, 3.8) is 0 Å². The number of hydrogen-bond donors (Lipinski definition) is 0. The lowest BCUT2D eigenvalue weighted by Crippen LogP contribution is -2.27. The van der Waals surface area contributed by atoms with Crippen molar-refractivity contribution < 1.29 is 14.3 Å². The molecule has 0 aliphatic carbocycles. The molecule has 0 fully saturated rings. The van der Waals surface area contributed by atoms with Crippen molar-refractivity contribution in [3.8, 4) is 0 Å². The van der Waals surface area contributed by atoms with Crippen molar-refractivity contribution in [2.24, 2.45) is 0 Å². The van der Waals surface area contributed by atoms with Gasteiger partial charge in [0, 0.05) is 30.8 Å². The third kappa shape index (κ3) is 3.34. The van der Waals surface area contributed by atoms with Crippen LogP contribution in [0.25, 0.3) is 0 Å². The van der Waals surface area contributed by atoms with Crippen LogP contribution >= 0.6 is 0 Å². The molecule has 0 saturated heterocycles. The number of esters is 1. The molecule has 0 radical (unpaired) electrons. The topological polar surface area (TPSA) is 46.6 Å². The summed E-state index contributed by atoms with van der Waals surface area (Å²) in [4.78, 5) is 25.5. The summed E-state index contributed by atoms with van der Waals surface area (Å²) < 4.78 is 4.94. The Bertz CT molecular complexity index is 470. The lowest BCUT2D eigenvalue weighted by Gasteiger charge is -2.23. The van der Waals surface area contributed by atoms with Crippen LogP contribution in [0.2, 0.25) is 0 Å². The number of carbonyl (C=O) groups is 2. The molecule has 1 heterocycles. The van der Waals surface area contributed by atoms with E-state index in [4.69, 9.17) is 4.74 Å². The number of anilines is 1. The van der Waals surface area contributed by atoms with Crippen molar-refractivity contribution in [3.05, 3.63) is 29.8 Å². The number of hydrogen-bond acceptors (Lipinski definition) is 4. The van der Waals surface area contributed by atoms with Crippen molar-refractivity contribution in [2.75, 3.05) is 24.6 Å². The average molecular weight is 261 g/mol. The number of nitrogens with zero attached hydrogens (tertiary/aromatic N) is 1. The quantitative estimate of drug-likeness (QED) is 0.781. The zero-order chi connectivity index (χ0) is 13.7. The second-order valence-electron chi connectivity index (χ2n) is 4.59. The minimum Gasteiger partial charge on any atom is -0.466 e. The van der Waals surface area contributed by atoms with Crippen LogP contribution in [0.3, 0.4) is 0 Å². The minimum absolute atomic E-state index is 0.185. The van der Waals surface area contributed by atoms with E-state index in [2.05, 4.69) is 4.90 Å². The predicted octanol–water partition coefficient (Wildman–Crippen LogP) is 2.42. The monoisotopic (exact) mass is 261 g/mol. The van der Waals surface area contributed by atoms with Gasteiger partial charge < -0.3 is 9.64 Å². The van der Waals surface area contributed by atoms with Gasteiger partial charge >= 0.3 is 5.97 Å². The molecule has 0 aromatic heterocycles. The SMILES string of the molecule is CCOC(=O)CCN1CCCC(=O)c2ccccc21. The molecule has 0 unspecified atom stereocenters. The summed E-state index contributed by atoms with van der Waals surface area (Å²) in [7, 11) is 0. The first-order chi connectivity index (χ1) is 9.22. The van der Waals surface area contributed by atoms with Crippen LogP contribution in [-0.2, 0) is 9.53 Å². The van der Waals surface area contributed by atoms with Crippen LogP contribution in [0.1, 0.15) is 36.5 Å². The molecule has 1 aromatic carbocycles. The molecule has 0 bridgehead atoms. The average Bonchev–Trinajstić information content (AvgIpc) is 2.57. The van der Waals surface area contributed by atoms with Gasteiger partial charge in [0.1, 0.15) is 0 Å². The molecule has 4 nitrogen and oxygen atoms in total. The van der Waals surface area contributed by atoms with E-state index >= 15 is 0 Å². The van der Waals surface area contributed by atoms with E-state index in [0.717, 1.165) is 24.2 Å². The Morgan fingerprint density at radius 1 is 1.37 bits per heavy atom. The number of benzene rings is 1. The molecule has 102 valence electrons. The minimum atomic E-state index is -0.185. The van der Waals surface area contributed by atoms with Gasteiger partial charge in [0.05, 0.1) is 13.0 Å². The number of fused-ring (bicyclic) bond motifs is 1. The first kappa shape index (κ1) is 13.6. The largest absolute Gasteiger partial charge is 0.466 e. The van der Waals surface area contributed by atoms with Crippen molar-refractivity contribution in [2.45, 2.75) is 26.2 Å². The maximum absolute atomic E-state index is 12.0.